The Morgan fingerprint density at radius 2 is 1.73 bits per heavy atom. The summed E-state index contributed by atoms with van der Waals surface area (Å²) in [7, 11) is 1.53. The Morgan fingerprint density at radius 1 is 1.00 bits per heavy atom. The highest BCUT2D eigenvalue weighted by Crippen LogP contribution is 2.15. The van der Waals surface area contributed by atoms with Gasteiger partial charge in [-0.15, -0.1) is 10.2 Å². The maximum atomic E-state index is 12.4. The number of anilines is 2. The molecule has 0 atom stereocenters. The fourth-order valence-corrected chi connectivity index (χ4v) is 2.81. The summed E-state index contributed by atoms with van der Waals surface area (Å²) in [6.45, 7) is 3.17. The fraction of sp³-hybridized carbons (Fsp3) is 0.333. The summed E-state index contributed by atoms with van der Waals surface area (Å²) >= 11 is 0. The van der Waals surface area contributed by atoms with E-state index in [0.717, 1.165) is 13.1 Å². The fourth-order valence-electron chi connectivity index (χ4n) is 2.81. The standard InChI is InChI=1S/C18H22N6O2/c1-19-18(26)15-7-8-16(22-21-15)20-13-17(25)24-11-9-23(10-12-24)14-5-3-2-4-6-14/h2-8H,9-13H2,1H3,(H,19,26)(H,20,22). The van der Waals surface area contributed by atoms with Crippen molar-refractivity contribution >= 4 is 23.3 Å². The maximum Gasteiger partial charge on any atom is 0.271 e. The van der Waals surface area contributed by atoms with Crippen LogP contribution in [0.15, 0.2) is 42.5 Å². The maximum absolute atomic E-state index is 12.4. The number of piperazine rings is 1. The van der Waals surface area contributed by atoms with E-state index in [1.54, 1.807) is 12.1 Å². The normalized spacial score (nSPS) is 14.0. The van der Waals surface area contributed by atoms with E-state index < -0.39 is 0 Å². The van der Waals surface area contributed by atoms with Crippen molar-refractivity contribution in [2.75, 3.05) is 50.0 Å². The molecule has 3 rings (SSSR count). The minimum Gasteiger partial charge on any atom is -0.368 e. The predicted octanol–water partition coefficient (Wildman–Crippen LogP) is 0.597. The Kier molecular flexibility index (Phi) is 5.62. The third-order valence-corrected chi connectivity index (χ3v) is 4.30. The number of nitrogens with zero attached hydrogens (tertiary/aromatic N) is 4. The number of hydrogen-bond donors (Lipinski definition) is 2. The van der Waals surface area contributed by atoms with Crippen molar-refractivity contribution in [2.45, 2.75) is 0 Å². The van der Waals surface area contributed by atoms with Crippen LogP contribution in [-0.4, -0.2) is 66.7 Å². The lowest BCUT2D eigenvalue weighted by molar-refractivity contribution is -0.129. The van der Waals surface area contributed by atoms with Gasteiger partial charge in [-0.2, -0.15) is 0 Å². The average molecular weight is 354 g/mol. The van der Waals surface area contributed by atoms with Crippen LogP contribution in [0.5, 0.6) is 0 Å². The lowest BCUT2D eigenvalue weighted by Gasteiger charge is -2.36. The summed E-state index contributed by atoms with van der Waals surface area (Å²) in [5.74, 6) is 0.195. The molecule has 8 heteroatoms. The zero-order valence-corrected chi connectivity index (χ0v) is 14.7. The van der Waals surface area contributed by atoms with Gasteiger partial charge in [0.1, 0.15) is 5.82 Å². The number of aromatic nitrogens is 2. The van der Waals surface area contributed by atoms with Gasteiger partial charge in [0.2, 0.25) is 5.91 Å². The van der Waals surface area contributed by atoms with Crippen LogP contribution in [0, 0.1) is 0 Å². The lowest BCUT2D eigenvalue weighted by Crippen LogP contribution is -2.50. The zero-order chi connectivity index (χ0) is 18.4. The highest BCUT2D eigenvalue weighted by atomic mass is 16.2. The van der Waals surface area contributed by atoms with E-state index in [9.17, 15) is 9.59 Å². The third kappa shape index (κ3) is 4.27. The van der Waals surface area contributed by atoms with Gasteiger partial charge in [0, 0.05) is 38.9 Å². The van der Waals surface area contributed by atoms with Gasteiger partial charge in [-0.3, -0.25) is 9.59 Å². The first-order valence-corrected chi connectivity index (χ1v) is 8.55. The van der Waals surface area contributed by atoms with Gasteiger partial charge < -0.3 is 20.4 Å². The summed E-state index contributed by atoms with van der Waals surface area (Å²) in [4.78, 5) is 27.9. The van der Waals surface area contributed by atoms with Gasteiger partial charge in [-0.1, -0.05) is 18.2 Å². The van der Waals surface area contributed by atoms with E-state index in [1.807, 2.05) is 23.1 Å². The molecule has 0 aliphatic carbocycles. The van der Waals surface area contributed by atoms with Gasteiger partial charge in [0.05, 0.1) is 6.54 Å². The molecule has 2 heterocycles. The molecule has 1 aromatic heterocycles. The molecule has 0 bridgehead atoms. The Hall–Kier alpha value is -3.16. The van der Waals surface area contributed by atoms with Crippen molar-refractivity contribution in [3.05, 3.63) is 48.2 Å². The molecule has 0 spiro atoms. The van der Waals surface area contributed by atoms with Crippen molar-refractivity contribution < 1.29 is 9.59 Å². The number of amides is 2. The minimum absolute atomic E-state index is 0.0230. The number of rotatable bonds is 5. The van der Waals surface area contributed by atoms with Crippen LogP contribution in [0.1, 0.15) is 10.5 Å². The number of carbonyl (C=O) groups is 2. The Bertz CT molecular complexity index is 742. The Morgan fingerprint density at radius 3 is 2.35 bits per heavy atom. The lowest BCUT2D eigenvalue weighted by atomic mass is 10.2. The first kappa shape index (κ1) is 17.7. The quantitative estimate of drug-likeness (QED) is 0.817. The van der Waals surface area contributed by atoms with Crippen LogP contribution in [0.2, 0.25) is 0 Å². The van der Waals surface area contributed by atoms with Crippen LogP contribution < -0.4 is 15.5 Å². The Balaban J connectivity index is 1.46. The molecule has 1 fully saturated rings. The van der Waals surface area contributed by atoms with Crippen molar-refractivity contribution in [3.63, 3.8) is 0 Å². The van der Waals surface area contributed by atoms with Gasteiger partial charge in [0.25, 0.3) is 5.91 Å². The molecule has 0 saturated carbocycles. The summed E-state index contributed by atoms with van der Waals surface area (Å²) in [6, 6.07) is 13.4. The first-order chi connectivity index (χ1) is 12.7. The van der Waals surface area contributed by atoms with Gasteiger partial charge in [0.15, 0.2) is 5.69 Å². The molecule has 136 valence electrons. The highest BCUT2D eigenvalue weighted by Gasteiger charge is 2.21. The topological polar surface area (TPSA) is 90.5 Å². The number of hydrogen-bond acceptors (Lipinski definition) is 6. The second kappa shape index (κ2) is 8.28. The minimum atomic E-state index is -0.295. The van der Waals surface area contributed by atoms with Crippen molar-refractivity contribution in [3.8, 4) is 0 Å². The van der Waals surface area contributed by atoms with E-state index >= 15 is 0 Å². The van der Waals surface area contributed by atoms with Crippen molar-refractivity contribution in [2.24, 2.45) is 0 Å². The number of benzene rings is 1. The van der Waals surface area contributed by atoms with E-state index in [0.29, 0.717) is 18.9 Å². The second-order valence-electron chi connectivity index (χ2n) is 5.94. The molecule has 26 heavy (non-hydrogen) atoms. The van der Waals surface area contributed by atoms with Crippen LogP contribution in [0.25, 0.3) is 0 Å². The summed E-state index contributed by atoms with van der Waals surface area (Å²) in [5, 5.41) is 13.2. The molecule has 2 amide bonds. The third-order valence-electron chi connectivity index (χ3n) is 4.30. The number of carbonyl (C=O) groups excluding carboxylic acids is 2. The monoisotopic (exact) mass is 354 g/mol. The van der Waals surface area contributed by atoms with Crippen molar-refractivity contribution in [1.29, 1.82) is 0 Å². The van der Waals surface area contributed by atoms with E-state index in [2.05, 4.69) is 37.9 Å². The van der Waals surface area contributed by atoms with Gasteiger partial charge >= 0.3 is 0 Å². The molecule has 1 aliphatic rings. The van der Waals surface area contributed by atoms with Crippen LogP contribution in [0.4, 0.5) is 11.5 Å². The molecule has 2 N–H and O–H groups in total. The van der Waals surface area contributed by atoms with E-state index in [4.69, 9.17) is 0 Å². The molecule has 0 radical (unpaired) electrons. The smallest absolute Gasteiger partial charge is 0.271 e. The van der Waals surface area contributed by atoms with Crippen LogP contribution >= 0.6 is 0 Å². The summed E-state index contributed by atoms with van der Waals surface area (Å²) in [5.41, 5.74) is 1.42. The van der Waals surface area contributed by atoms with Gasteiger partial charge in [-0.25, -0.2) is 0 Å². The molecule has 2 aromatic rings. The molecule has 8 nitrogen and oxygen atoms in total. The first-order valence-electron chi connectivity index (χ1n) is 8.55. The predicted molar refractivity (Wildman–Crippen MR) is 99.1 cm³/mol. The molecule has 1 saturated heterocycles. The SMILES string of the molecule is CNC(=O)c1ccc(NCC(=O)N2CCN(c3ccccc3)CC2)nn1. The summed E-state index contributed by atoms with van der Waals surface area (Å²) in [6.07, 6.45) is 0. The van der Waals surface area contributed by atoms with E-state index in [-0.39, 0.29) is 24.1 Å². The average Bonchev–Trinajstić information content (AvgIpc) is 2.72. The van der Waals surface area contributed by atoms with Crippen molar-refractivity contribution in [1.82, 2.24) is 20.4 Å². The van der Waals surface area contributed by atoms with Crippen LogP contribution in [0.3, 0.4) is 0 Å². The molecule has 0 unspecified atom stereocenters. The number of nitrogens with one attached hydrogen (secondary N) is 2. The molecular weight excluding hydrogens is 332 g/mol. The van der Waals surface area contributed by atoms with E-state index in [1.165, 1.54) is 12.7 Å². The zero-order valence-electron chi connectivity index (χ0n) is 14.7. The number of para-hydroxylation sites is 1. The molecular formula is C18H22N6O2. The summed E-state index contributed by atoms with van der Waals surface area (Å²) < 4.78 is 0. The van der Waals surface area contributed by atoms with Gasteiger partial charge in [-0.05, 0) is 24.3 Å². The molecule has 1 aromatic carbocycles. The van der Waals surface area contributed by atoms with Crippen LogP contribution in [-0.2, 0) is 4.79 Å². The largest absolute Gasteiger partial charge is 0.368 e. The Labute approximate surface area is 152 Å². The molecule has 1 aliphatic heterocycles. The highest BCUT2D eigenvalue weighted by molar-refractivity contribution is 5.91. The second-order valence-corrected chi connectivity index (χ2v) is 5.94.